The van der Waals surface area contributed by atoms with Gasteiger partial charge in [-0.15, -0.1) is 0 Å². The van der Waals surface area contributed by atoms with Gasteiger partial charge in [0.25, 0.3) is 0 Å². The number of sulfonamides is 1. The first-order chi connectivity index (χ1) is 15.3. The molecule has 0 saturated heterocycles. The second-order valence-electron chi connectivity index (χ2n) is 6.68. The molecule has 4 nitrogen and oxygen atoms in total. The molecular weight excluding hydrogens is 592 g/mol. The predicted octanol–water partition coefficient (Wildman–Crippen LogP) is 5.77. The molecule has 216 valence electrons. The van der Waals surface area contributed by atoms with Gasteiger partial charge in [0.05, 0.1) is 6.26 Å². The minimum atomic E-state index is -8.98. The zero-order chi connectivity index (χ0) is 29.8. The highest BCUT2D eigenvalue weighted by atomic mass is 32.2. The van der Waals surface area contributed by atoms with Crippen molar-refractivity contribution in [1.29, 1.82) is 0 Å². The summed E-state index contributed by atoms with van der Waals surface area (Å²) >= 11 is 0. The molecule has 1 atom stereocenters. The van der Waals surface area contributed by atoms with E-state index in [2.05, 4.69) is 11.3 Å². The lowest BCUT2D eigenvalue weighted by Gasteiger charge is -2.42. The first-order valence-electron chi connectivity index (χ1n) is 8.05. The van der Waals surface area contributed by atoms with Gasteiger partial charge in [0.2, 0.25) is 0 Å². The van der Waals surface area contributed by atoms with E-state index in [1.807, 2.05) is 0 Å². The molecule has 36 heavy (non-hydrogen) atoms. The third-order valence-electron chi connectivity index (χ3n) is 4.24. The number of halogens is 18. The molecule has 0 aromatic heterocycles. The van der Waals surface area contributed by atoms with Gasteiger partial charge >= 0.3 is 57.0 Å². The van der Waals surface area contributed by atoms with Crippen molar-refractivity contribution in [2.45, 2.75) is 47.0 Å². The van der Waals surface area contributed by atoms with Gasteiger partial charge in [0.1, 0.15) is 13.7 Å². The van der Waals surface area contributed by atoms with E-state index >= 15 is 0 Å². The van der Waals surface area contributed by atoms with E-state index in [0.29, 0.717) is 6.26 Å². The lowest BCUT2D eigenvalue weighted by atomic mass is 9.91. The van der Waals surface area contributed by atoms with Crippen molar-refractivity contribution in [3.8, 4) is 0 Å². The molecule has 0 aliphatic heterocycles. The van der Waals surface area contributed by atoms with Crippen LogP contribution in [-0.4, -0.2) is 79.7 Å². The molecule has 0 aliphatic rings. The Hall–Kier alpha value is -1.81. The molecule has 0 bridgehead atoms. The second-order valence-corrected chi connectivity index (χ2v) is 8.91. The Morgan fingerprint density at radius 2 is 0.972 bits per heavy atom. The van der Waals surface area contributed by atoms with Gasteiger partial charge in [0.15, 0.2) is 6.54 Å². The monoisotopic (exact) mass is 602 g/mol. The molecule has 0 fully saturated rings. The van der Waals surface area contributed by atoms with Crippen molar-refractivity contribution in [1.82, 2.24) is 0 Å². The van der Waals surface area contributed by atoms with Crippen molar-refractivity contribution < 1.29 is 96.4 Å². The van der Waals surface area contributed by atoms with E-state index in [0.717, 1.165) is 0 Å². The van der Waals surface area contributed by atoms with Crippen LogP contribution in [-0.2, 0) is 14.8 Å². The molecule has 0 aromatic carbocycles. The van der Waals surface area contributed by atoms with Gasteiger partial charge in [-0.2, -0.15) is 83.1 Å². The van der Waals surface area contributed by atoms with Gasteiger partial charge in [-0.05, 0) is 4.11 Å². The molecule has 0 saturated carbocycles. The molecule has 0 aromatic rings. The van der Waals surface area contributed by atoms with Crippen LogP contribution in [0.1, 0.15) is 0 Å². The van der Waals surface area contributed by atoms with E-state index in [-0.39, 0.29) is 0 Å². The Kier molecular flexibility index (Phi) is 8.45. The summed E-state index contributed by atoms with van der Waals surface area (Å²) in [5.41, 5.74) is 0. The standard InChI is InChI=1S/C13H10F18NO3S/c1-3-35-5-4-32(2,31)36(33,34)13(29,30)11(24,25)9(20,21)7(16,17)6(14,15)8(18,19)10(22,23)12(26,27)28/h3H,1,4-5H2,2H3/q+1. The van der Waals surface area contributed by atoms with Crippen LogP contribution in [0.2, 0.25) is 0 Å². The van der Waals surface area contributed by atoms with E-state index in [1.165, 1.54) is 0 Å². The molecule has 0 spiro atoms. The average Bonchev–Trinajstić information content (AvgIpc) is 2.65. The first kappa shape index (κ1) is 34.2. The Morgan fingerprint density at radius 1 is 0.667 bits per heavy atom. The van der Waals surface area contributed by atoms with E-state index in [1.54, 1.807) is 0 Å². The topological polar surface area (TPSA) is 43.4 Å². The summed E-state index contributed by atoms with van der Waals surface area (Å²) in [4.78, 5) is 0. The quantitative estimate of drug-likeness (QED) is 0.123. The highest BCUT2D eigenvalue weighted by Gasteiger charge is 2.97. The number of hydrogen-bond donors (Lipinski definition) is 0. The maximum Gasteiger partial charge on any atom is 0.467 e. The lowest BCUT2D eigenvalue weighted by Crippen LogP contribution is -2.75. The summed E-state index contributed by atoms with van der Waals surface area (Å²) in [7, 11) is -8.58. The number of alkyl halides is 17. The summed E-state index contributed by atoms with van der Waals surface area (Å²) < 4.78 is 261. The number of nitrogens with zero attached hydrogens (tertiary/aromatic N) is 1. The number of hydrogen-bond acceptors (Lipinski definition) is 3. The summed E-state index contributed by atoms with van der Waals surface area (Å²) in [6.07, 6.45) is -7.57. The van der Waals surface area contributed by atoms with Gasteiger partial charge in [-0.3, -0.25) is 0 Å². The van der Waals surface area contributed by atoms with Crippen molar-refractivity contribution in [3.05, 3.63) is 12.8 Å². The number of ether oxygens (including phenoxy) is 1. The van der Waals surface area contributed by atoms with Crippen molar-refractivity contribution in [2.24, 2.45) is 0 Å². The van der Waals surface area contributed by atoms with Gasteiger partial charge < -0.3 is 4.74 Å². The van der Waals surface area contributed by atoms with Crippen LogP contribution in [0.25, 0.3) is 0 Å². The minimum Gasteiger partial charge on any atom is -0.496 e. The van der Waals surface area contributed by atoms with Gasteiger partial charge in [-0.1, -0.05) is 6.58 Å². The Labute approximate surface area is 187 Å². The van der Waals surface area contributed by atoms with Crippen LogP contribution in [0, 0.1) is 0 Å². The molecule has 0 rings (SSSR count). The SMILES string of the molecule is C=COCC[N+](C)(F)S(=O)(=O)C(F)(F)C(F)(F)C(F)(F)C(F)(F)C(F)(F)C(F)(F)C(F)(F)C(F)(F)F. The number of quaternary nitrogens is 1. The van der Waals surface area contributed by atoms with Crippen LogP contribution in [0.4, 0.5) is 79.1 Å². The van der Waals surface area contributed by atoms with Crippen molar-refractivity contribution in [3.63, 3.8) is 0 Å². The Morgan fingerprint density at radius 3 is 1.28 bits per heavy atom. The summed E-state index contributed by atoms with van der Waals surface area (Å²) in [6, 6.07) is 0. The van der Waals surface area contributed by atoms with Crippen molar-refractivity contribution >= 4 is 10.0 Å². The molecule has 0 heterocycles. The van der Waals surface area contributed by atoms with Crippen LogP contribution in [0.5, 0.6) is 0 Å². The minimum absolute atomic E-state index is 0.354. The third-order valence-corrected chi connectivity index (χ3v) is 6.33. The number of rotatable bonds is 12. The lowest BCUT2D eigenvalue weighted by molar-refractivity contribution is -0.934. The van der Waals surface area contributed by atoms with Gasteiger partial charge in [-0.25, -0.2) is 0 Å². The molecule has 0 aliphatic carbocycles. The molecule has 0 radical (unpaired) electrons. The maximum absolute atomic E-state index is 14.1. The highest BCUT2D eigenvalue weighted by molar-refractivity contribution is 7.87. The second kappa shape index (κ2) is 8.89. The Balaban J connectivity index is 6.98. The van der Waals surface area contributed by atoms with E-state index < -0.39 is 81.3 Å². The van der Waals surface area contributed by atoms with Crippen LogP contribution < -0.4 is 0 Å². The fraction of sp³-hybridized carbons (Fsp3) is 0.846. The zero-order valence-electron chi connectivity index (χ0n) is 16.6. The normalized spacial score (nSPS) is 17.5. The van der Waals surface area contributed by atoms with Crippen LogP contribution >= 0.6 is 0 Å². The summed E-state index contributed by atoms with van der Waals surface area (Å²) in [6.45, 7) is -0.679. The molecule has 0 amide bonds. The van der Waals surface area contributed by atoms with Gasteiger partial charge in [0, 0.05) is 4.48 Å². The van der Waals surface area contributed by atoms with Crippen LogP contribution in [0.15, 0.2) is 12.8 Å². The van der Waals surface area contributed by atoms with Crippen molar-refractivity contribution in [2.75, 3.05) is 20.2 Å². The fourth-order valence-electron chi connectivity index (χ4n) is 1.97. The smallest absolute Gasteiger partial charge is 0.467 e. The highest BCUT2D eigenvalue weighted by Crippen LogP contribution is 2.64. The molecular formula is C13H10F18NO3S+. The Bertz CT molecular complexity index is 923. The largest absolute Gasteiger partial charge is 0.496 e. The number of likely N-dealkylation sites (N-methyl/N-ethyl adjacent to an activating group) is 1. The average molecular weight is 602 g/mol. The van der Waals surface area contributed by atoms with Crippen LogP contribution in [0.3, 0.4) is 0 Å². The predicted molar refractivity (Wildman–Crippen MR) is 77.9 cm³/mol. The molecule has 0 N–H and O–H groups in total. The van der Waals surface area contributed by atoms with E-state index in [9.17, 15) is 87.5 Å². The molecule has 1 unspecified atom stereocenters. The van der Waals surface area contributed by atoms with E-state index in [4.69, 9.17) is 0 Å². The zero-order valence-corrected chi connectivity index (χ0v) is 17.4. The third kappa shape index (κ3) is 4.31. The maximum atomic E-state index is 14.1. The first-order valence-corrected chi connectivity index (χ1v) is 9.49. The summed E-state index contributed by atoms with van der Waals surface area (Å²) in [5.74, 6) is -52.5. The fourth-order valence-corrected chi connectivity index (χ4v) is 3.21. The summed E-state index contributed by atoms with van der Waals surface area (Å²) in [5, 5.41) is -7.94. The molecule has 23 heteroatoms.